The molecule has 0 saturated carbocycles. The summed E-state index contributed by atoms with van der Waals surface area (Å²) in [5.74, 6) is -1.01. The summed E-state index contributed by atoms with van der Waals surface area (Å²) in [6.45, 7) is 0. The largest absolute Gasteiger partial charge is 0.412 e. The fourth-order valence-corrected chi connectivity index (χ4v) is 4.39. The molecule has 2 N–H and O–H groups in total. The lowest BCUT2D eigenvalue weighted by atomic mass is 9.98. The van der Waals surface area contributed by atoms with Gasteiger partial charge in [0.15, 0.2) is 5.69 Å². The Morgan fingerprint density at radius 2 is 1.93 bits per heavy atom. The van der Waals surface area contributed by atoms with Crippen molar-refractivity contribution in [3.8, 4) is 0 Å². The highest BCUT2D eigenvalue weighted by Crippen LogP contribution is 2.41. The van der Waals surface area contributed by atoms with Gasteiger partial charge in [-0.2, -0.15) is 5.10 Å². The summed E-state index contributed by atoms with van der Waals surface area (Å²) in [7, 11) is 2.12. The van der Waals surface area contributed by atoms with Crippen molar-refractivity contribution in [2.24, 2.45) is 5.73 Å². The maximum absolute atomic E-state index is 12.3. The number of piperidine rings is 1. The van der Waals surface area contributed by atoms with Gasteiger partial charge in [0, 0.05) is 29.6 Å². The first-order valence-electron chi connectivity index (χ1n) is 8.75. The number of amides is 1. The molecule has 27 heavy (non-hydrogen) atoms. The normalized spacial score (nSPS) is 24.9. The third kappa shape index (κ3) is 2.91. The quantitative estimate of drug-likeness (QED) is 0.376. The fourth-order valence-electron chi connectivity index (χ4n) is 4.39. The van der Waals surface area contributed by atoms with Crippen LogP contribution in [0.15, 0.2) is 18.2 Å². The van der Waals surface area contributed by atoms with Crippen molar-refractivity contribution in [2.75, 3.05) is 7.05 Å². The molecule has 2 unspecified atom stereocenters. The Hall–Kier alpha value is -3.01. The predicted molar refractivity (Wildman–Crippen MR) is 94.2 cm³/mol. The third-order valence-corrected chi connectivity index (χ3v) is 5.71. The van der Waals surface area contributed by atoms with Crippen LogP contribution in [0.2, 0.25) is 0 Å². The Balaban J connectivity index is 1.80. The van der Waals surface area contributed by atoms with Gasteiger partial charge in [0.1, 0.15) is 0 Å². The third-order valence-electron chi connectivity index (χ3n) is 5.71. The number of esters is 1. The molecule has 3 heterocycles. The number of hydrogen-bond acceptors (Lipinski definition) is 7. The molecule has 2 bridgehead atoms. The average Bonchev–Trinajstić information content (AvgIpc) is 3.06. The molecule has 2 saturated heterocycles. The predicted octanol–water partition coefficient (Wildman–Crippen LogP) is 1.98. The molecule has 2 aromatic rings. The Kier molecular flexibility index (Phi) is 4.06. The number of carbonyl (C=O) groups is 2. The van der Waals surface area contributed by atoms with Crippen molar-refractivity contribution in [1.29, 1.82) is 0 Å². The van der Waals surface area contributed by atoms with E-state index in [1.807, 2.05) is 0 Å². The number of nitrogens with zero attached hydrogens (tertiary/aromatic N) is 4. The minimum Gasteiger partial charge on any atom is -0.371 e. The van der Waals surface area contributed by atoms with Crippen molar-refractivity contribution in [1.82, 2.24) is 14.7 Å². The summed E-state index contributed by atoms with van der Waals surface area (Å²) in [5.41, 5.74) is 5.23. The van der Waals surface area contributed by atoms with Crippen molar-refractivity contribution >= 4 is 28.7 Å². The number of benzene rings is 1. The van der Waals surface area contributed by atoms with Gasteiger partial charge in [-0.3, -0.25) is 14.8 Å². The molecule has 1 aromatic heterocycles. The number of hydrogen-bond donors (Lipinski definition) is 1. The van der Waals surface area contributed by atoms with Gasteiger partial charge in [0.25, 0.3) is 5.69 Å². The lowest BCUT2D eigenvalue weighted by Crippen LogP contribution is -2.40. The van der Waals surface area contributed by atoms with Gasteiger partial charge in [0.2, 0.25) is 0 Å². The van der Waals surface area contributed by atoms with E-state index in [2.05, 4.69) is 21.8 Å². The minimum atomic E-state index is -1.24. The van der Waals surface area contributed by atoms with E-state index in [0.29, 0.717) is 17.6 Å². The molecule has 0 aliphatic carbocycles. The molecule has 2 aliphatic heterocycles. The van der Waals surface area contributed by atoms with Gasteiger partial charge < -0.3 is 15.4 Å². The SMILES string of the molecule is CN1C2CCC1CC(n1nc(C(=O)OC(N)=O)c3cc([N+](=O)[O-])ccc31)C2. The number of aromatic nitrogens is 2. The molecule has 1 aromatic carbocycles. The Morgan fingerprint density at radius 3 is 2.52 bits per heavy atom. The maximum Gasteiger partial charge on any atom is 0.412 e. The molecule has 4 rings (SSSR count). The Morgan fingerprint density at radius 1 is 1.26 bits per heavy atom. The summed E-state index contributed by atoms with van der Waals surface area (Å²) < 4.78 is 6.21. The maximum atomic E-state index is 12.3. The van der Waals surface area contributed by atoms with Gasteiger partial charge in [-0.05, 0) is 38.8 Å². The van der Waals surface area contributed by atoms with Gasteiger partial charge in [-0.25, -0.2) is 9.59 Å². The van der Waals surface area contributed by atoms with Crippen molar-refractivity contribution in [2.45, 2.75) is 43.8 Å². The Bertz CT molecular complexity index is 941. The minimum absolute atomic E-state index is 0.0674. The number of nitrogens with two attached hydrogens (primary N) is 1. The molecule has 10 heteroatoms. The van der Waals surface area contributed by atoms with Crippen molar-refractivity contribution in [3.05, 3.63) is 34.0 Å². The van der Waals surface area contributed by atoms with Crippen LogP contribution in [0.1, 0.15) is 42.2 Å². The molecule has 2 aliphatic rings. The van der Waals surface area contributed by atoms with Crippen LogP contribution in [0, 0.1) is 10.1 Å². The highest BCUT2D eigenvalue weighted by molar-refractivity contribution is 6.05. The molecular weight excluding hydrogens is 354 g/mol. The summed E-state index contributed by atoms with van der Waals surface area (Å²) in [5, 5.41) is 15.8. The number of non-ortho nitro benzene ring substituents is 1. The Labute approximate surface area is 154 Å². The second kappa shape index (κ2) is 6.31. The zero-order chi connectivity index (χ0) is 19.3. The standard InChI is InChI=1S/C17H19N5O5/c1-20-9-2-3-10(20)7-12(6-9)21-14-5-4-11(22(25)26)8-13(14)15(19-21)16(23)27-17(18)24/h4-5,8-10,12H,2-3,6-7H2,1H3,(H2,18,24). The highest BCUT2D eigenvalue weighted by Gasteiger charge is 2.40. The second-order valence-electron chi connectivity index (χ2n) is 7.14. The summed E-state index contributed by atoms with van der Waals surface area (Å²) >= 11 is 0. The van der Waals surface area contributed by atoms with Gasteiger partial charge >= 0.3 is 12.1 Å². The first-order valence-corrected chi connectivity index (χ1v) is 8.75. The van der Waals surface area contributed by atoms with Crippen molar-refractivity contribution < 1.29 is 19.2 Å². The molecule has 2 fully saturated rings. The monoisotopic (exact) mass is 373 g/mol. The van der Waals surface area contributed by atoms with E-state index in [0.717, 1.165) is 25.7 Å². The molecule has 1 amide bonds. The summed E-state index contributed by atoms with van der Waals surface area (Å²) in [6, 6.07) is 5.21. The number of nitro groups is 1. The van der Waals surface area contributed by atoms with E-state index in [1.54, 1.807) is 10.7 Å². The number of carbonyl (C=O) groups excluding carboxylic acids is 2. The number of ether oxygens (including phenoxy) is 1. The fraction of sp³-hybridized carbons (Fsp3) is 0.471. The zero-order valence-electron chi connectivity index (χ0n) is 14.7. The van der Waals surface area contributed by atoms with Crippen molar-refractivity contribution in [3.63, 3.8) is 0 Å². The van der Waals surface area contributed by atoms with Crippen LogP contribution < -0.4 is 5.73 Å². The smallest absolute Gasteiger partial charge is 0.371 e. The number of rotatable bonds is 3. The molecule has 10 nitrogen and oxygen atoms in total. The molecule has 142 valence electrons. The van der Waals surface area contributed by atoms with Crippen LogP contribution in [0.3, 0.4) is 0 Å². The van der Waals surface area contributed by atoms with E-state index in [-0.39, 0.29) is 22.8 Å². The zero-order valence-corrected chi connectivity index (χ0v) is 14.7. The molecule has 0 radical (unpaired) electrons. The van der Waals surface area contributed by atoms with E-state index in [4.69, 9.17) is 5.73 Å². The first kappa shape index (κ1) is 17.4. The second-order valence-corrected chi connectivity index (χ2v) is 7.14. The first-order chi connectivity index (χ1) is 12.8. The molecule has 2 atom stereocenters. The number of primary amides is 1. The van der Waals surface area contributed by atoms with E-state index < -0.39 is 17.0 Å². The summed E-state index contributed by atoms with van der Waals surface area (Å²) in [4.78, 5) is 36.2. The van der Waals surface area contributed by atoms with Crippen LogP contribution in [-0.4, -0.2) is 50.8 Å². The van der Waals surface area contributed by atoms with Crippen LogP contribution >= 0.6 is 0 Å². The van der Waals surface area contributed by atoms with Crippen LogP contribution in [0.25, 0.3) is 10.9 Å². The van der Waals surface area contributed by atoms with Gasteiger partial charge in [0.05, 0.1) is 16.5 Å². The lowest BCUT2D eigenvalue weighted by molar-refractivity contribution is -0.384. The topological polar surface area (TPSA) is 134 Å². The summed E-state index contributed by atoms with van der Waals surface area (Å²) in [6.07, 6.45) is 2.76. The van der Waals surface area contributed by atoms with E-state index in [1.165, 1.54) is 12.1 Å². The van der Waals surface area contributed by atoms with Crippen LogP contribution in [0.4, 0.5) is 10.5 Å². The number of fused-ring (bicyclic) bond motifs is 3. The van der Waals surface area contributed by atoms with Crippen LogP contribution in [-0.2, 0) is 4.74 Å². The highest BCUT2D eigenvalue weighted by atomic mass is 16.6. The lowest BCUT2D eigenvalue weighted by Gasteiger charge is -2.36. The van der Waals surface area contributed by atoms with Gasteiger partial charge in [-0.1, -0.05) is 0 Å². The average molecular weight is 373 g/mol. The van der Waals surface area contributed by atoms with Crippen LogP contribution in [0.5, 0.6) is 0 Å². The van der Waals surface area contributed by atoms with E-state index >= 15 is 0 Å². The molecular formula is C17H19N5O5. The van der Waals surface area contributed by atoms with E-state index in [9.17, 15) is 19.7 Å². The number of nitro benzene ring substituents is 1. The molecule has 0 spiro atoms. The van der Waals surface area contributed by atoms with Gasteiger partial charge in [-0.15, -0.1) is 0 Å².